The number of alkyl halides is 3. The van der Waals surface area contributed by atoms with Crippen LogP contribution in [0.3, 0.4) is 0 Å². The van der Waals surface area contributed by atoms with Crippen LogP contribution in [0.15, 0.2) is 65.5 Å². The van der Waals surface area contributed by atoms with E-state index in [0.29, 0.717) is 0 Å². The summed E-state index contributed by atoms with van der Waals surface area (Å²) < 4.78 is 92.3. The third kappa shape index (κ3) is 5.08. The number of halogens is 6. The number of nitrogens with zero attached hydrogens (tertiary/aromatic N) is 2. The van der Waals surface area contributed by atoms with Crippen LogP contribution in [0.5, 0.6) is 11.5 Å². The molecule has 13 heteroatoms. The quantitative estimate of drug-likeness (QED) is 0.334. The molecule has 1 heterocycles. The number of carbonyl (C=O) groups excluding carboxylic acids is 1. The molecule has 0 spiro atoms. The van der Waals surface area contributed by atoms with Crippen LogP contribution in [0.2, 0.25) is 0 Å². The normalized spacial score (nSPS) is 11.4. The monoisotopic (exact) mass is 537 g/mol. The van der Waals surface area contributed by atoms with E-state index in [0.717, 1.165) is 51.8 Å². The Morgan fingerprint density at radius 3 is 2.05 bits per heavy atom. The summed E-state index contributed by atoms with van der Waals surface area (Å²) in [5.74, 6) is -4.88. The lowest BCUT2D eigenvalue weighted by molar-refractivity contribution is -0.274. The van der Waals surface area contributed by atoms with Gasteiger partial charge in [0, 0.05) is 24.7 Å². The Balaban J connectivity index is 1.86. The molecule has 0 aliphatic carbocycles. The summed E-state index contributed by atoms with van der Waals surface area (Å²) >= 11 is 0. The molecule has 0 saturated heterocycles. The zero-order valence-electron chi connectivity index (χ0n) is 19.6. The van der Waals surface area contributed by atoms with Gasteiger partial charge in [-0.15, -0.1) is 13.2 Å². The highest BCUT2D eigenvalue weighted by Gasteiger charge is 2.31. The van der Waals surface area contributed by atoms with Crippen molar-refractivity contribution >= 4 is 11.6 Å². The summed E-state index contributed by atoms with van der Waals surface area (Å²) in [5, 5.41) is 2.25. The zero-order valence-corrected chi connectivity index (χ0v) is 19.6. The van der Waals surface area contributed by atoms with E-state index >= 15 is 8.78 Å². The number of hydrogen-bond acceptors (Lipinski definition) is 4. The molecule has 38 heavy (non-hydrogen) atoms. The molecule has 0 saturated carbocycles. The maximum Gasteiger partial charge on any atom is 0.573 e. The zero-order chi connectivity index (χ0) is 27.8. The first-order chi connectivity index (χ1) is 17.9. The van der Waals surface area contributed by atoms with Crippen LogP contribution in [-0.4, -0.2) is 28.7 Å². The molecule has 3 aromatic carbocycles. The van der Waals surface area contributed by atoms with Crippen molar-refractivity contribution in [3.05, 3.63) is 94.0 Å². The number of para-hydroxylation sites is 1. The maximum absolute atomic E-state index is 15.1. The van der Waals surface area contributed by atoms with Crippen molar-refractivity contribution in [2.75, 3.05) is 12.4 Å². The first-order valence-electron chi connectivity index (χ1n) is 10.7. The minimum Gasteiger partial charge on any atom is -0.497 e. The lowest BCUT2D eigenvalue weighted by Gasteiger charge is -2.13. The summed E-state index contributed by atoms with van der Waals surface area (Å²) in [6.07, 6.45) is -4.95. The van der Waals surface area contributed by atoms with Crippen LogP contribution >= 0.6 is 0 Å². The van der Waals surface area contributed by atoms with Crippen LogP contribution < -0.4 is 20.3 Å². The Morgan fingerprint density at radius 2 is 1.50 bits per heavy atom. The van der Waals surface area contributed by atoms with Gasteiger partial charge in [0.05, 0.1) is 12.7 Å². The Kier molecular flexibility index (Phi) is 6.94. The fraction of sp³-hybridized carbons (Fsp3) is 0.120. The van der Waals surface area contributed by atoms with E-state index in [1.807, 2.05) is 0 Å². The Morgan fingerprint density at radius 1 is 0.895 bits per heavy atom. The van der Waals surface area contributed by atoms with Gasteiger partial charge in [-0.2, -0.15) is 0 Å². The van der Waals surface area contributed by atoms with Crippen LogP contribution in [0.4, 0.5) is 32.0 Å². The fourth-order valence-corrected chi connectivity index (χ4v) is 3.79. The van der Waals surface area contributed by atoms with Gasteiger partial charge < -0.3 is 14.8 Å². The van der Waals surface area contributed by atoms with Crippen molar-refractivity contribution in [1.29, 1.82) is 0 Å². The Hall–Kier alpha value is -4.68. The minimum atomic E-state index is -4.95. The van der Waals surface area contributed by atoms with Crippen molar-refractivity contribution in [2.45, 2.75) is 6.36 Å². The number of amides is 1. The Bertz CT molecular complexity index is 1550. The number of ether oxygens (including phenoxy) is 2. The van der Waals surface area contributed by atoms with E-state index in [1.54, 1.807) is 0 Å². The highest BCUT2D eigenvalue weighted by Crippen LogP contribution is 2.34. The molecule has 4 rings (SSSR count). The van der Waals surface area contributed by atoms with Crippen molar-refractivity contribution in [3.8, 4) is 28.4 Å². The SMILES string of the molecule is COc1cc(F)c(-c2c(NC(=O)c3ccc(OC(F)(F)F)cc3)c(=O)n(-c3ccccc3F)n2C)c(F)c1. The first kappa shape index (κ1) is 26.4. The van der Waals surface area contributed by atoms with E-state index < -0.39 is 58.0 Å². The summed E-state index contributed by atoms with van der Waals surface area (Å²) in [7, 11) is 2.42. The second-order valence-corrected chi connectivity index (χ2v) is 7.81. The number of rotatable bonds is 6. The van der Waals surface area contributed by atoms with E-state index in [4.69, 9.17) is 4.74 Å². The lowest BCUT2D eigenvalue weighted by atomic mass is 10.1. The molecule has 1 aromatic heterocycles. The van der Waals surface area contributed by atoms with Gasteiger partial charge >= 0.3 is 6.36 Å². The number of aromatic nitrogens is 2. The van der Waals surface area contributed by atoms with Crippen molar-refractivity contribution in [2.24, 2.45) is 7.05 Å². The standard InChI is InChI=1S/C25H17F6N3O4/c1-33-22(20-17(27)11-15(37-2)12-18(20)28)21(24(36)34(33)19-6-4-3-5-16(19)26)32-23(35)13-7-9-14(10-8-13)38-25(29,30)31/h3-12H,1-2H3,(H,32,35). The Labute approximate surface area is 210 Å². The molecule has 0 atom stereocenters. The molecule has 1 N–H and O–H groups in total. The van der Waals surface area contributed by atoms with Crippen LogP contribution in [0.1, 0.15) is 10.4 Å². The molecule has 0 fully saturated rings. The molecule has 0 unspecified atom stereocenters. The number of nitrogens with one attached hydrogen (secondary N) is 1. The third-order valence-corrected chi connectivity index (χ3v) is 5.42. The fourth-order valence-electron chi connectivity index (χ4n) is 3.79. The first-order valence-corrected chi connectivity index (χ1v) is 10.7. The van der Waals surface area contributed by atoms with Gasteiger partial charge in [0.15, 0.2) is 0 Å². The number of carbonyl (C=O) groups is 1. The molecule has 0 aliphatic rings. The molecular weight excluding hydrogens is 520 g/mol. The lowest BCUT2D eigenvalue weighted by Crippen LogP contribution is -2.23. The third-order valence-electron chi connectivity index (χ3n) is 5.42. The summed E-state index contributed by atoms with van der Waals surface area (Å²) in [5.41, 5.74) is -3.29. The van der Waals surface area contributed by atoms with E-state index in [1.165, 1.54) is 32.4 Å². The predicted molar refractivity (Wildman–Crippen MR) is 124 cm³/mol. The molecule has 0 radical (unpaired) electrons. The van der Waals surface area contributed by atoms with Gasteiger partial charge in [0.25, 0.3) is 11.5 Å². The number of benzene rings is 3. The molecule has 0 bridgehead atoms. The number of anilines is 1. The van der Waals surface area contributed by atoms with Crippen LogP contribution in [0.25, 0.3) is 16.9 Å². The summed E-state index contributed by atoms with van der Waals surface area (Å²) in [6.45, 7) is 0. The largest absolute Gasteiger partial charge is 0.573 e. The van der Waals surface area contributed by atoms with E-state index in [-0.39, 0.29) is 17.0 Å². The van der Waals surface area contributed by atoms with E-state index in [2.05, 4.69) is 10.1 Å². The van der Waals surface area contributed by atoms with Gasteiger partial charge in [-0.05, 0) is 36.4 Å². The molecular formula is C25H17F6N3O4. The van der Waals surface area contributed by atoms with Gasteiger partial charge in [-0.25, -0.2) is 17.9 Å². The van der Waals surface area contributed by atoms with E-state index in [9.17, 15) is 27.2 Å². The second-order valence-electron chi connectivity index (χ2n) is 7.81. The predicted octanol–water partition coefficient (Wildman–Crippen LogP) is 5.42. The van der Waals surface area contributed by atoms with Gasteiger partial charge in [0.1, 0.15) is 46.0 Å². The minimum absolute atomic E-state index is 0.158. The summed E-state index contributed by atoms with van der Waals surface area (Å²) in [4.78, 5) is 26.3. The average molecular weight is 537 g/mol. The van der Waals surface area contributed by atoms with Crippen molar-refractivity contribution in [3.63, 3.8) is 0 Å². The topological polar surface area (TPSA) is 74.5 Å². The second kappa shape index (κ2) is 10.00. The number of methoxy groups -OCH3 is 1. The smallest absolute Gasteiger partial charge is 0.497 e. The highest BCUT2D eigenvalue weighted by molar-refractivity contribution is 6.06. The highest BCUT2D eigenvalue weighted by atomic mass is 19.4. The van der Waals surface area contributed by atoms with Crippen molar-refractivity contribution in [1.82, 2.24) is 9.36 Å². The molecule has 0 aliphatic heterocycles. The molecule has 4 aromatic rings. The number of hydrogen-bond donors (Lipinski definition) is 1. The van der Waals surface area contributed by atoms with Crippen molar-refractivity contribution < 1.29 is 40.6 Å². The molecule has 198 valence electrons. The molecule has 7 nitrogen and oxygen atoms in total. The van der Waals surface area contributed by atoms with Crippen LogP contribution in [-0.2, 0) is 7.05 Å². The van der Waals surface area contributed by atoms with Gasteiger partial charge in [-0.3, -0.25) is 14.3 Å². The summed E-state index contributed by atoms with van der Waals surface area (Å²) in [6, 6.07) is 10.5. The average Bonchev–Trinajstić information content (AvgIpc) is 3.07. The van der Waals surface area contributed by atoms with Crippen LogP contribution in [0, 0.1) is 17.5 Å². The van der Waals surface area contributed by atoms with Gasteiger partial charge in [0.2, 0.25) is 0 Å². The maximum atomic E-state index is 15.1. The molecule has 1 amide bonds. The van der Waals surface area contributed by atoms with Gasteiger partial charge in [-0.1, -0.05) is 12.1 Å².